The van der Waals surface area contributed by atoms with Crippen LogP contribution in [-0.4, -0.2) is 32.4 Å². The Morgan fingerprint density at radius 1 is 1.36 bits per heavy atom. The third-order valence-corrected chi connectivity index (χ3v) is 3.46. The van der Waals surface area contributed by atoms with Gasteiger partial charge in [-0.15, -0.1) is 5.10 Å². The molecule has 0 saturated carbocycles. The number of carbonyl (C=O) groups is 1. The van der Waals surface area contributed by atoms with Gasteiger partial charge in [0.25, 0.3) is 6.08 Å². The van der Waals surface area contributed by atoms with Crippen LogP contribution in [0.5, 0.6) is 0 Å². The molecule has 7 nitrogen and oxygen atoms in total. The number of halogens is 3. The van der Waals surface area contributed by atoms with Crippen LogP contribution in [0.2, 0.25) is 0 Å². The van der Waals surface area contributed by atoms with Crippen LogP contribution in [0.3, 0.4) is 0 Å². The first-order valence-corrected chi connectivity index (χ1v) is 8.11. The van der Waals surface area contributed by atoms with E-state index in [1.54, 1.807) is 32.9 Å². The number of hydrogen-bond donors (Lipinski definition) is 1. The number of aromatic nitrogens is 3. The molecular formula is C15H17BrF2N4O3. The van der Waals surface area contributed by atoms with Crippen molar-refractivity contribution in [2.75, 3.05) is 6.54 Å². The third kappa shape index (κ3) is 5.12. The first kappa shape index (κ1) is 19.1. The van der Waals surface area contributed by atoms with Crippen LogP contribution in [0.15, 0.2) is 39.3 Å². The monoisotopic (exact) mass is 418 g/mol. The summed E-state index contributed by atoms with van der Waals surface area (Å²) in [7, 11) is 0. The fourth-order valence-corrected chi connectivity index (χ4v) is 2.29. The number of amides is 1. The molecule has 0 radical (unpaired) electrons. The van der Waals surface area contributed by atoms with E-state index < -0.39 is 42.1 Å². The van der Waals surface area contributed by atoms with Gasteiger partial charge in [0.15, 0.2) is 5.65 Å². The molecule has 0 atom stereocenters. The van der Waals surface area contributed by atoms with Gasteiger partial charge in [-0.3, -0.25) is 0 Å². The Morgan fingerprint density at radius 3 is 2.64 bits per heavy atom. The molecule has 25 heavy (non-hydrogen) atoms. The van der Waals surface area contributed by atoms with Crippen LogP contribution in [-0.2, 0) is 11.3 Å². The van der Waals surface area contributed by atoms with E-state index in [0.717, 1.165) is 4.68 Å². The molecule has 2 aromatic rings. The maximum atomic E-state index is 13.2. The van der Waals surface area contributed by atoms with Gasteiger partial charge in [0.05, 0.1) is 6.54 Å². The first-order chi connectivity index (χ1) is 11.6. The molecule has 0 bridgehead atoms. The Morgan fingerprint density at radius 2 is 2.04 bits per heavy atom. The number of rotatable bonds is 4. The number of nitrogens with zero attached hydrogens (tertiary/aromatic N) is 3. The van der Waals surface area contributed by atoms with Crippen LogP contribution in [0.4, 0.5) is 13.6 Å². The molecule has 0 spiro atoms. The molecular weight excluding hydrogens is 402 g/mol. The number of ether oxygens (including phenoxy) is 1. The number of carbonyl (C=O) groups excluding carboxylic acids is 1. The summed E-state index contributed by atoms with van der Waals surface area (Å²) < 4.78 is 34.1. The van der Waals surface area contributed by atoms with Gasteiger partial charge in [0.1, 0.15) is 5.60 Å². The molecule has 0 aromatic carbocycles. The molecule has 136 valence electrons. The van der Waals surface area contributed by atoms with E-state index in [-0.39, 0.29) is 0 Å². The molecule has 0 aliphatic rings. The number of alkyl carbamates (subject to hydrolysis) is 1. The molecule has 2 rings (SSSR count). The summed E-state index contributed by atoms with van der Waals surface area (Å²) in [5.74, 6) is 0. The van der Waals surface area contributed by atoms with E-state index in [1.165, 1.54) is 10.6 Å². The largest absolute Gasteiger partial charge is 0.444 e. The van der Waals surface area contributed by atoms with E-state index in [9.17, 15) is 18.4 Å². The zero-order valence-corrected chi connectivity index (χ0v) is 15.4. The minimum Gasteiger partial charge on any atom is -0.444 e. The van der Waals surface area contributed by atoms with Gasteiger partial charge in [-0.2, -0.15) is 8.78 Å². The van der Waals surface area contributed by atoms with E-state index in [0.29, 0.717) is 10.1 Å². The summed E-state index contributed by atoms with van der Waals surface area (Å²) in [5, 5.41) is 6.24. The number of fused-ring (bicyclic) bond motifs is 1. The first-order valence-electron chi connectivity index (χ1n) is 7.31. The van der Waals surface area contributed by atoms with Crippen LogP contribution >= 0.6 is 15.9 Å². The van der Waals surface area contributed by atoms with Gasteiger partial charge < -0.3 is 10.1 Å². The topological polar surface area (TPSA) is 77.6 Å². The van der Waals surface area contributed by atoms with Gasteiger partial charge in [-0.05, 0) is 48.8 Å². The molecule has 0 saturated heterocycles. The average molecular weight is 419 g/mol. The van der Waals surface area contributed by atoms with Crippen LogP contribution in [0.25, 0.3) is 5.65 Å². The maximum absolute atomic E-state index is 13.2. The second kappa shape index (κ2) is 7.34. The lowest BCUT2D eigenvalue weighted by Gasteiger charge is -2.19. The highest BCUT2D eigenvalue weighted by atomic mass is 79.9. The van der Waals surface area contributed by atoms with E-state index in [2.05, 4.69) is 26.3 Å². The molecule has 0 unspecified atom stereocenters. The van der Waals surface area contributed by atoms with Crippen molar-refractivity contribution in [3.05, 3.63) is 44.9 Å². The fraction of sp³-hybridized carbons (Fsp3) is 0.400. The standard InChI is InChI=1S/C15H17BrF2N4O3/c1-15(2,3)25-13(23)19-6-9(12(17)18)7-22-14(24)21-8-10(16)4-5-11(21)20-22/h4-5,8H,6-7H2,1-3H3,(H,19,23). The lowest BCUT2D eigenvalue weighted by molar-refractivity contribution is 0.0531. The summed E-state index contributed by atoms with van der Waals surface area (Å²) in [6, 6.07) is 3.26. The summed E-state index contributed by atoms with van der Waals surface area (Å²) in [6.45, 7) is 4.08. The quantitative estimate of drug-likeness (QED) is 0.827. The lowest BCUT2D eigenvalue weighted by Crippen LogP contribution is -2.34. The molecule has 2 heterocycles. The van der Waals surface area contributed by atoms with Crippen molar-refractivity contribution < 1.29 is 18.3 Å². The average Bonchev–Trinajstić information content (AvgIpc) is 2.77. The molecule has 10 heteroatoms. The van der Waals surface area contributed by atoms with Gasteiger partial charge >= 0.3 is 11.8 Å². The minimum absolute atomic E-state index is 0.326. The van der Waals surface area contributed by atoms with E-state index >= 15 is 0 Å². The Bertz CT molecular complexity index is 879. The van der Waals surface area contributed by atoms with Crippen molar-refractivity contribution >= 4 is 27.7 Å². The van der Waals surface area contributed by atoms with Crippen molar-refractivity contribution in [3.63, 3.8) is 0 Å². The maximum Gasteiger partial charge on any atom is 0.407 e. The summed E-state index contributed by atoms with van der Waals surface area (Å²) in [5.41, 5.74) is -1.41. The number of nitrogens with one attached hydrogen (secondary N) is 1. The zero-order chi connectivity index (χ0) is 18.8. The minimum atomic E-state index is -1.99. The highest BCUT2D eigenvalue weighted by Crippen LogP contribution is 2.12. The van der Waals surface area contributed by atoms with Crippen molar-refractivity contribution in [1.82, 2.24) is 19.5 Å². The third-order valence-electron chi connectivity index (χ3n) is 2.99. The van der Waals surface area contributed by atoms with Crippen molar-refractivity contribution in [3.8, 4) is 0 Å². The highest BCUT2D eigenvalue weighted by molar-refractivity contribution is 9.10. The van der Waals surface area contributed by atoms with Gasteiger partial charge in [-0.25, -0.2) is 18.7 Å². The second-order valence-corrected chi connectivity index (χ2v) is 7.15. The van der Waals surface area contributed by atoms with Crippen LogP contribution < -0.4 is 11.0 Å². The highest BCUT2D eigenvalue weighted by Gasteiger charge is 2.18. The molecule has 0 aliphatic carbocycles. The number of hydrogen-bond acceptors (Lipinski definition) is 4. The predicted octanol–water partition coefficient (Wildman–Crippen LogP) is 2.93. The summed E-state index contributed by atoms with van der Waals surface area (Å²) >= 11 is 3.23. The van der Waals surface area contributed by atoms with Crippen molar-refractivity contribution in [2.24, 2.45) is 0 Å². The Balaban J connectivity index is 2.15. The van der Waals surface area contributed by atoms with Gasteiger partial charge in [0.2, 0.25) is 0 Å². The normalized spacial score (nSPS) is 11.4. The van der Waals surface area contributed by atoms with Crippen molar-refractivity contribution in [1.29, 1.82) is 0 Å². The predicted molar refractivity (Wildman–Crippen MR) is 90.6 cm³/mol. The Kier molecular flexibility index (Phi) is 5.61. The molecule has 0 fully saturated rings. The van der Waals surface area contributed by atoms with Crippen molar-refractivity contribution in [2.45, 2.75) is 32.9 Å². The molecule has 2 aromatic heterocycles. The zero-order valence-electron chi connectivity index (χ0n) is 13.8. The summed E-state index contributed by atoms with van der Waals surface area (Å²) in [4.78, 5) is 23.8. The smallest absolute Gasteiger partial charge is 0.407 e. The van der Waals surface area contributed by atoms with Gasteiger partial charge in [0, 0.05) is 22.8 Å². The number of pyridine rings is 1. The Labute approximate surface area is 150 Å². The SMILES string of the molecule is CC(C)(C)OC(=O)NCC(Cn1nc2ccc(Br)cn2c1=O)=C(F)F. The van der Waals surface area contributed by atoms with Crippen LogP contribution in [0.1, 0.15) is 20.8 Å². The van der Waals surface area contributed by atoms with E-state index in [4.69, 9.17) is 4.74 Å². The van der Waals surface area contributed by atoms with Gasteiger partial charge in [-0.1, -0.05) is 0 Å². The lowest BCUT2D eigenvalue weighted by atomic mass is 10.2. The molecule has 1 amide bonds. The second-order valence-electron chi connectivity index (χ2n) is 6.24. The van der Waals surface area contributed by atoms with E-state index in [1.807, 2.05) is 0 Å². The van der Waals surface area contributed by atoms with Crippen LogP contribution in [0, 0.1) is 0 Å². The molecule has 0 aliphatic heterocycles. The summed E-state index contributed by atoms with van der Waals surface area (Å²) in [6.07, 6.45) is -1.31. The Hall–Kier alpha value is -2.23. The fourth-order valence-electron chi connectivity index (χ4n) is 1.95. The molecule has 1 N–H and O–H groups in total.